The fourth-order valence-electron chi connectivity index (χ4n) is 4.81. The molecule has 35 heavy (non-hydrogen) atoms. The Morgan fingerprint density at radius 3 is 2.51 bits per heavy atom. The van der Waals surface area contributed by atoms with Crippen LogP contribution in [0.1, 0.15) is 96.7 Å². The van der Waals surface area contributed by atoms with Gasteiger partial charge in [0, 0.05) is 24.4 Å². The molecule has 1 aromatic heterocycles. The minimum atomic E-state index is -0.175. The molecule has 0 aliphatic heterocycles. The van der Waals surface area contributed by atoms with E-state index in [0.29, 0.717) is 24.7 Å². The fourth-order valence-corrected chi connectivity index (χ4v) is 4.81. The number of hydrogen-bond acceptors (Lipinski definition) is 3. The number of benzene rings is 1. The van der Waals surface area contributed by atoms with Gasteiger partial charge >= 0.3 is 0 Å². The number of carbonyl (C=O) groups is 2. The number of aromatic nitrogens is 2. The van der Waals surface area contributed by atoms with Crippen LogP contribution in [0, 0.1) is 12.8 Å². The highest BCUT2D eigenvalue weighted by atomic mass is 16.2. The number of para-hydroxylation sites is 1. The number of carbonyl (C=O) groups excluding carboxylic acids is 2. The van der Waals surface area contributed by atoms with Crippen LogP contribution in [-0.4, -0.2) is 39.6 Å². The molecule has 0 saturated heterocycles. The summed E-state index contributed by atoms with van der Waals surface area (Å²) in [5.74, 6) is 1.24. The van der Waals surface area contributed by atoms with Crippen molar-refractivity contribution in [3.05, 3.63) is 41.6 Å². The van der Waals surface area contributed by atoms with Gasteiger partial charge < -0.3 is 10.2 Å². The van der Waals surface area contributed by atoms with E-state index in [2.05, 4.69) is 33.0 Å². The topological polar surface area (TPSA) is 67.2 Å². The molecule has 2 amide bonds. The molecular formula is C29H44N4O2. The van der Waals surface area contributed by atoms with E-state index < -0.39 is 0 Å². The van der Waals surface area contributed by atoms with Gasteiger partial charge in [0.05, 0.1) is 17.9 Å². The number of anilines is 1. The van der Waals surface area contributed by atoms with E-state index in [9.17, 15) is 9.59 Å². The van der Waals surface area contributed by atoms with Gasteiger partial charge in [-0.2, -0.15) is 5.10 Å². The van der Waals surface area contributed by atoms with E-state index in [1.54, 1.807) is 4.90 Å². The maximum absolute atomic E-state index is 13.2. The van der Waals surface area contributed by atoms with E-state index in [-0.39, 0.29) is 23.8 Å². The number of amides is 2. The normalized spacial score (nSPS) is 14.3. The molecule has 1 aromatic carbocycles. The average molecular weight is 481 g/mol. The quantitative estimate of drug-likeness (QED) is 0.378. The molecule has 0 radical (unpaired) electrons. The molecule has 1 heterocycles. The van der Waals surface area contributed by atoms with Crippen molar-refractivity contribution in [2.45, 2.75) is 97.8 Å². The minimum absolute atomic E-state index is 0.0804. The zero-order valence-electron chi connectivity index (χ0n) is 22.4. The monoisotopic (exact) mass is 480 g/mol. The molecule has 6 nitrogen and oxygen atoms in total. The first kappa shape index (κ1) is 27.0. The van der Waals surface area contributed by atoms with Gasteiger partial charge in [0.15, 0.2) is 0 Å². The lowest BCUT2D eigenvalue weighted by Gasteiger charge is -2.23. The Kier molecular flexibility index (Phi) is 9.53. The lowest BCUT2D eigenvalue weighted by Crippen LogP contribution is -2.39. The van der Waals surface area contributed by atoms with Gasteiger partial charge in [-0.3, -0.25) is 9.59 Å². The van der Waals surface area contributed by atoms with E-state index in [4.69, 9.17) is 5.10 Å². The van der Waals surface area contributed by atoms with E-state index >= 15 is 0 Å². The van der Waals surface area contributed by atoms with Crippen LogP contribution in [0.15, 0.2) is 30.3 Å². The predicted molar refractivity (Wildman–Crippen MR) is 143 cm³/mol. The first-order valence-electron chi connectivity index (χ1n) is 13.4. The minimum Gasteiger partial charge on any atom is -0.333 e. The maximum Gasteiger partial charge on any atom is 0.245 e. The van der Waals surface area contributed by atoms with Gasteiger partial charge in [0.2, 0.25) is 11.8 Å². The van der Waals surface area contributed by atoms with Gasteiger partial charge in [-0.1, -0.05) is 84.4 Å². The molecule has 1 aliphatic carbocycles. The summed E-state index contributed by atoms with van der Waals surface area (Å²) in [7, 11) is 0. The molecular weight excluding hydrogens is 436 g/mol. The molecule has 6 heteroatoms. The SMILES string of the molecule is CCCCCN(CC(=O)Nc1cc(C(C)(C)C)nn1-c1ccccc1C)C(=O)CCC1CCCC1. The van der Waals surface area contributed by atoms with Crippen molar-refractivity contribution < 1.29 is 9.59 Å². The summed E-state index contributed by atoms with van der Waals surface area (Å²) in [6.07, 6.45) is 9.60. The lowest BCUT2D eigenvalue weighted by atomic mass is 9.92. The molecule has 0 unspecified atom stereocenters. The Bertz CT molecular complexity index is 983. The summed E-state index contributed by atoms with van der Waals surface area (Å²) in [4.78, 5) is 28.0. The van der Waals surface area contributed by atoms with Gasteiger partial charge in [0.1, 0.15) is 5.82 Å². The largest absolute Gasteiger partial charge is 0.333 e. The standard InChI is InChI=1S/C29H44N4O2/c1-6-7-12-19-32(28(35)18-17-23-14-9-10-15-23)21-27(34)30-26-20-25(29(3,4)5)31-33(26)24-16-11-8-13-22(24)2/h8,11,13,16,20,23H,6-7,9-10,12,14-15,17-19,21H2,1-5H3,(H,30,34). The Hall–Kier alpha value is -2.63. The second-order valence-electron chi connectivity index (χ2n) is 11.1. The number of hydrogen-bond donors (Lipinski definition) is 1. The molecule has 1 aliphatic rings. The van der Waals surface area contributed by atoms with Crippen molar-refractivity contribution >= 4 is 17.6 Å². The Morgan fingerprint density at radius 1 is 1.14 bits per heavy atom. The molecule has 3 rings (SSSR count). The van der Waals surface area contributed by atoms with Gasteiger partial charge in [-0.05, 0) is 37.3 Å². The Labute approximate surface area is 211 Å². The second-order valence-corrected chi connectivity index (χ2v) is 11.1. The van der Waals surface area contributed by atoms with Crippen LogP contribution in [0.25, 0.3) is 5.69 Å². The molecule has 2 aromatic rings. The third-order valence-electron chi connectivity index (χ3n) is 7.05. The lowest BCUT2D eigenvalue weighted by molar-refractivity contribution is -0.135. The molecule has 1 N–H and O–H groups in total. The van der Waals surface area contributed by atoms with Crippen LogP contribution >= 0.6 is 0 Å². The summed E-state index contributed by atoms with van der Waals surface area (Å²) in [5.41, 5.74) is 2.76. The smallest absolute Gasteiger partial charge is 0.245 e. The van der Waals surface area contributed by atoms with Crippen molar-refractivity contribution in [2.24, 2.45) is 5.92 Å². The zero-order valence-corrected chi connectivity index (χ0v) is 22.4. The molecule has 192 valence electrons. The van der Waals surface area contributed by atoms with Crippen molar-refractivity contribution in [3.63, 3.8) is 0 Å². The van der Waals surface area contributed by atoms with Gasteiger partial charge in [-0.25, -0.2) is 4.68 Å². The highest BCUT2D eigenvalue weighted by Gasteiger charge is 2.24. The number of nitrogens with one attached hydrogen (secondary N) is 1. The first-order valence-corrected chi connectivity index (χ1v) is 13.4. The third-order valence-corrected chi connectivity index (χ3v) is 7.05. The molecule has 1 fully saturated rings. The molecule has 0 bridgehead atoms. The summed E-state index contributed by atoms with van der Waals surface area (Å²) < 4.78 is 1.82. The number of rotatable bonds is 11. The summed E-state index contributed by atoms with van der Waals surface area (Å²) in [6, 6.07) is 9.97. The van der Waals surface area contributed by atoms with Crippen LogP contribution in [0.5, 0.6) is 0 Å². The Balaban J connectivity index is 1.74. The highest BCUT2D eigenvalue weighted by molar-refractivity contribution is 5.94. The second kappa shape index (κ2) is 12.4. The summed E-state index contributed by atoms with van der Waals surface area (Å²) >= 11 is 0. The van der Waals surface area contributed by atoms with E-state index in [1.807, 2.05) is 41.9 Å². The average Bonchev–Trinajstić information content (AvgIpc) is 3.47. The van der Waals surface area contributed by atoms with Crippen molar-refractivity contribution in [2.75, 3.05) is 18.4 Å². The van der Waals surface area contributed by atoms with E-state index in [0.717, 1.165) is 42.6 Å². The molecule has 0 atom stereocenters. The summed E-state index contributed by atoms with van der Waals surface area (Å²) in [5, 5.41) is 7.90. The number of aryl methyl sites for hydroxylation is 1. The number of unbranched alkanes of at least 4 members (excludes halogenated alkanes) is 2. The fraction of sp³-hybridized carbons (Fsp3) is 0.621. The Morgan fingerprint density at radius 2 is 1.86 bits per heavy atom. The van der Waals surface area contributed by atoms with Crippen molar-refractivity contribution in [1.82, 2.24) is 14.7 Å². The van der Waals surface area contributed by atoms with Crippen LogP contribution in [0.4, 0.5) is 5.82 Å². The third kappa shape index (κ3) is 7.68. The molecule has 1 saturated carbocycles. The van der Waals surface area contributed by atoms with Crippen LogP contribution in [-0.2, 0) is 15.0 Å². The zero-order chi connectivity index (χ0) is 25.4. The van der Waals surface area contributed by atoms with Crippen molar-refractivity contribution in [3.8, 4) is 5.69 Å². The van der Waals surface area contributed by atoms with Crippen LogP contribution < -0.4 is 5.32 Å². The number of nitrogens with zero attached hydrogens (tertiary/aromatic N) is 3. The van der Waals surface area contributed by atoms with Crippen molar-refractivity contribution in [1.29, 1.82) is 0 Å². The predicted octanol–water partition coefficient (Wildman–Crippen LogP) is 6.41. The summed E-state index contributed by atoms with van der Waals surface area (Å²) in [6.45, 7) is 11.2. The van der Waals surface area contributed by atoms with E-state index in [1.165, 1.54) is 25.7 Å². The van der Waals surface area contributed by atoms with Gasteiger partial charge in [0.25, 0.3) is 0 Å². The van der Waals surface area contributed by atoms with Crippen LogP contribution in [0.2, 0.25) is 0 Å². The highest BCUT2D eigenvalue weighted by Crippen LogP contribution is 2.29. The first-order chi connectivity index (χ1) is 16.7. The van der Waals surface area contributed by atoms with Gasteiger partial charge in [-0.15, -0.1) is 0 Å². The van der Waals surface area contributed by atoms with Crippen LogP contribution in [0.3, 0.4) is 0 Å². The molecule has 0 spiro atoms. The maximum atomic E-state index is 13.2.